The van der Waals surface area contributed by atoms with Gasteiger partial charge >= 0.3 is 0 Å². The van der Waals surface area contributed by atoms with Crippen LogP contribution in [0.15, 0.2) is 53.6 Å². The van der Waals surface area contributed by atoms with Crippen LogP contribution in [0.4, 0.5) is 11.4 Å². The molecule has 11 heteroatoms. The maximum Gasteiger partial charge on any atom is 0.270 e. The van der Waals surface area contributed by atoms with Crippen molar-refractivity contribution in [1.82, 2.24) is 5.43 Å². The summed E-state index contributed by atoms with van der Waals surface area (Å²) in [5.74, 6) is -0.685. The summed E-state index contributed by atoms with van der Waals surface area (Å²) >= 11 is 5.89. The van der Waals surface area contributed by atoms with Crippen molar-refractivity contribution in [2.24, 2.45) is 5.10 Å². The molecular weight excluding hydrogens is 408 g/mol. The number of amides is 1. The highest BCUT2D eigenvalue weighted by atomic mass is 35.5. The van der Waals surface area contributed by atoms with Gasteiger partial charge in [0.15, 0.2) is 0 Å². The molecule has 1 N–H and O–H groups in total. The molecule has 28 heavy (non-hydrogen) atoms. The van der Waals surface area contributed by atoms with E-state index in [1.54, 1.807) is 25.1 Å². The molecule has 0 bridgehead atoms. The van der Waals surface area contributed by atoms with Crippen molar-refractivity contribution in [3.8, 4) is 0 Å². The summed E-state index contributed by atoms with van der Waals surface area (Å²) in [6.07, 6.45) is 0.971. The Bertz CT molecular complexity index is 1040. The van der Waals surface area contributed by atoms with E-state index in [-0.39, 0.29) is 11.4 Å². The minimum absolute atomic E-state index is 0.109. The molecule has 0 saturated heterocycles. The van der Waals surface area contributed by atoms with Crippen molar-refractivity contribution in [2.75, 3.05) is 17.1 Å². The number of sulfonamides is 1. The number of nitrogens with one attached hydrogen (secondary N) is 1. The number of nitro groups is 1. The Labute approximate surface area is 166 Å². The quantitative estimate of drug-likeness (QED) is 0.415. The number of non-ortho nitro benzene ring substituents is 1. The molecule has 148 valence electrons. The van der Waals surface area contributed by atoms with Crippen LogP contribution < -0.4 is 9.73 Å². The Morgan fingerprint density at radius 3 is 2.54 bits per heavy atom. The van der Waals surface area contributed by atoms with Gasteiger partial charge in [0.2, 0.25) is 10.0 Å². The number of hydrogen-bond acceptors (Lipinski definition) is 6. The third-order valence-corrected chi connectivity index (χ3v) is 4.98. The van der Waals surface area contributed by atoms with Crippen LogP contribution in [0.5, 0.6) is 0 Å². The van der Waals surface area contributed by atoms with Crippen LogP contribution in [-0.2, 0) is 14.8 Å². The second-order valence-corrected chi connectivity index (χ2v) is 8.13. The molecule has 2 aromatic rings. The van der Waals surface area contributed by atoms with E-state index < -0.39 is 27.4 Å². The van der Waals surface area contributed by atoms with Gasteiger partial charge in [0.1, 0.15) is 6.54 Å². The van der Waals surface area contributed by atoms with Gasteiger partial charge in [-0.15, -0.1) is 0 Å². The molecule has 0 aliphatic carbocycles. The third-order valence-electron chi connectivity index (χ3n) is 3.61. The Balaban J connectivity index is 2.16. The van der Waals surface area contributed by atoms with Gasteiger partial charge in [-0.2, -0.15) is 5.10 Å². The maximum absolute atomic E-state index is 12.2. The first-order valence-corrected chi connectivity index (χ1v) is 10.1. The highest BCUT2D eigenvalue weighted by molar-refractivity contribution is 7.92. The second-order valence-electron chi connectivity index (χ2n) is 5.79. The van der Waals surface area contributed by atoms with E-state index in [0.717, 1.165) is 10.6 Å². The average molecular weight is 425 g/mol. The molecule has 0 unspecified atom stereocenters. The fourth-order valence-electron chi connectivity index (χ4n) is 2.25. The summed E-state index contributed by atoms with van der Waals surface area (Å²) in [6.45, 7) is 1.05. The lowest BCUT2D eigenvalue weighted by Crippen LogP contribution is -2.39. The lowest BCUT2D eigenvalue weighted by Gasteiger charge is -2.21. The van der Waals surface area contributed by atoms with Crippen molar-refractivity contribution in [3.05, 3.63) is 69.2 Å². The number of halogens is 1. The molecular formula is C17H17ClN4O5S. The van der Waals surface area contributed by atoms with Crippen LogP contribution in [0, 0.1) is 10.1 Å². The maximum atomic E-state index is 12.2. The van der Waals surface area contributed by atoms with Gasteiger partial charge in [0.25, 0.3) is 11.6 Å². The molecule has 9 nitrogen and oxygen atoms in total. The van der Waals surface area contributed by atoms with E-state index in [1.807, 2.05) is 0 Å². The van der Waals surface area contributed by atoms with Crippen molar-refractivity contribution < 1.29 is 18.1 Å². The zero-order chi connectivity index (χ0) is 20.9. The molecule has 0 aromatic heterocycles. The Hall–Kier alpha value is -2.98. The number of hydrogen-bond donors (Lipinski definition) is 1. The molecule has 1 amide bonds. The van der Waals surface area contributed by atoms with Gasteiger partial charge in [-0.25, -0.2) is 13.8 Å². The minimum atomic E-state index is -3.75. The largest absolute Gasteiger partial charge is 0.271 e. The number of anilines is 1. The van der Waals surface area contributed by atoms with Crippen molar-refractivity contribution in [1.29, 1.82) is 0 Å². The summed E-state index contributed by atoms with van der Waals surface area (Å²) in [5.41, 5.74) is 3.16. The normalized spacial score (nSPS) is 11.8. The van der Waals surface area contributed by atoms with Gasteiger partial charge in [0, 0.05) is 22.7 Å². The smallest absolute Gasteiger partial charge is 0.270 e. The SMILES string of the molecule is C/C(=N/NC(=O)CN(c1cccc(Cl)c1)S(C)(=O)=O)c1cccc([N+](=O)[O-])c1. The number of nitrogens with zero attached hydrogens (tertiary/aromatic N) is 3. The molecule has 0 aliphatic heterocycles. The standard InChI is InChI=1S/C17H17ClN4O5S/c1-12(13-5-3-8-16(9-13)22(24)25)19-20-17(23)11-21(28(2,26)27)15-7-4-6-14(18)10-15/h3-10H,11H2,1-2H3,(H,20,23)/b19-12-. The summed E-state index contributed by atoms with van der Waals surface area (Å²) < 4.78 is 25.0. The number of benzene rings is 2. The first-order valence-electron chi connectivity index (χ1n) is 7.89. The number of rotatable bonds is 7. The van der Waals surface area contributed by atoms with Gasteiger partial charge in [-0.1, -0.05) is 29.8 Å². The summed E-state index contributed by atoms with van der Waals surface area (Å²) in [4.78, 5) is 22.5. The fraction of sp³-hybridized carbons (Fsp3) is 0.176. The number of carbonyl (C=O) groups is 1. The van der Waals surface area contributed by atoms with E-state index in [1.165, 1.54) is 30.3 Å². The van der Waals surface area contributed by atoms with E-state index in [4.69, 9.17) is 11.6 Å². The molecule has 0 spiro atoms. The van der Waals surface area contributed by atoms with Gasteiger partial charge in [-0.05, 0) is 25.1 Å². The number of hydrazone groups is 1. The number of nitro benzene ring substituents is 1. The Morgan fingerprint density at radius 1 is 1.25 bits per heavy atom. The highest BCUT2D eigenvalue weighted by Gasteiger charge is 2.21. The number of carbonyl (C=O) groups excluding carboxylic acids is 1. The van der Waals surface area contributed by atoms with Crippen LogP contribution in [0.2, 0.25) is 5.02 Å². The van der Waals surface area contributed by atoms with Crippen molar-refractivity contribution in [2.45, 2.75) is 6.92 Å². The summed E-state index contributed by atoms with van der Waals surface area (Å²) in [6, 6.07) is 11.8. The summed E-state index contributed by atoms with van der Waals surface area (Å²) in [5, 5.41) is 15.1. The minimum Gasteiger partial charge on any atom is -0.271 e. The molecule has 0 atom stereocenters. The van der Waals surface area contributed by atoms with E-state index in [2.05, 4.69) is 10.5 Å². The zero-order valence-electron chi connectivity index (χ0n) is 15.0. The van der Waals surface area contributed by atoms with Gasteiger partial charge in [-0.3, -0.25) is 19.2 Å². The second kappa shape index (κ2) is 8.81. The lowest BCUT2D eigenvalue weighted by molar-refractivity contribution is -0.384. The Kier molecular flexibility index (Phi) is 6.71. The fourth-order valence-corrected chi connectivity index (χ4v) is 3.29. The monoisotopic (exact) mass is 424 g/mol. The third kappa shape index (κ3) is 5.76. The van der Waals surface area contributed by atoms with Crippen molar-refractivity contribution in [3.63, 3.8) is 0 Å². The molecule has 0 heterocycles. The molecule has 0 fully saturated rings. The van der Waals surface area contributed by atoms with Crippen molar-refractivity contribution >= 4 is 44.6 Å². The van der Waals surface area contributed by atoms with E-state index in [9.17, 15) is 23.3 Å². The van der Waals surface area contributed by atoms with Gasteiger partial charge < -0.3 is 0 Å². The molecule has 2 rings (SSSR count). The predicted molar refractivity (Wildman–Crippen MR) is 107 cm³/mol. The highest BCUT2D eigenvalue weighted by Crippen LogP contribution is 2.21. The van der Waals surface area contributed by atoms with E-state index >= 15 is 0 Å². The van der Waals surface area contributed by atoms with Crippen LogP contribution in [-0.4, -0.2) is 37.8 Å². The molecule has 0 saturated carbocycles. The average Bonchev–Trinajstić information content (AvgIpc) is 2.63. The summed E-state index contributed by atoms with van der Waals surface area (Å²) in [7, 11) is -3.75. The Morgan fingerprint density at radius 2 is 1.93 bits per heavy atom. The van der Waals surface area contributed by atoms with Crippen LogP contribution in [0.25, 0.3) is 0 Å². The van der Waals surface area contributed by atoms with Crippen LogP contribution in [0.1, 0.15) is 12.5 Å². The topological polar surface area (TPSA) is 122 Å². The lowest BCUT2D eigenvalue weighted by atomic mass is 10.1. The predicted octanol–water partition coefficient (Wildman–Crippen LogP) is 2.55. The molecule has 0 aliphatic rings. The molecule has 2 aromatic carbocycles. The zero-order valence-corrected chi connectivity index (χ0v) is 16.6. The van der Waals surface area contributed by atoms with Gasteiger partial charge in [0.05, 0.1) is 22.6 Å². The molecule has 0 radical (unpaired) electrons. The van der Waals surface area contributed by atoms with Crippen LogP contribution >= 0.6 is 11.6 Å². The van der Waals surface area contributed by atoms with Crippen LogP contribution in [0.3, 0.4) is 0 Å². The first kappa shape index (κ1) is 21.3. The van der Waals surface area contributed by atoms with E-state index in [0.29, 0.717) is 16.3 Å². The first-order chi connectivity index (χ1) is 13.1.